The Hall–Kier alpha value is -1.67. The zero-order valence-electron chi connectivity index (χ0n) is 16.3. The van der Waals surface area contributed by atoms with Gasteiger partial charge in [-0.1, -0.05) is 0 Å². The third-order valence-corrected chi connectivity index (χ3v) is 4.65. The summed E-state index contributed by atoms with van der Waals surface area (Å²) in [7, 11) is 0. The van der Waals surface area contributed by atoms with Crippen molar-refractivity contribution < 1.29 is 9.53 Å². The van der Waals surface area contributed by atoms with Crippen LogP contribution in [0, 0.1) is 13.8 Å². The van der Waals surface area contributed by atoms with Gasteiger partial charge in [0.2, 0.25) is 0 Å². The Morgan fingerprint density at radius 2 is 1.96 bits per heavy atom. The Balaban J connectivity index is 0.00000196. The van der Waals surface area contributed by atoms with Crippen LogP contribution in [0.15, 0.2) is 24.4 Å². The maximum absolute atomic E-state index is 12.7. The molecule has 2 aromatic heterocycles. The molecule has 156 valence electrons. The third-order valence-electron chi connectivity index (χ3n) is 4.65. The Labute approximate surface area is 178 Å². The van der Waals surface area contributed by atoms with Crippen LogP contribution in [0.3, 0.4) is 0 Å². The molecule has 3 heterocycles. The smallest absolute Gasteiger partial charge is 0.255 e. The van der Waals surface area contributed by atoms with E-state index < -0.39 is 0 Å². The number of aryl methyl sites for hydroxylation is 2. The Morgan fingerprint density at radius 3 is 2.50 bits per heavy atom. The maximum atomic E-state index is 12.7. The molecule has 2 aromatic rings. The average molecular weight is 430 g/mol. The van der Waals surface area contributed by atoms with Gasteiger partial charge in [0.25, 0.3) is 5.91 Å². The van der Waals surface area contributed by atoms with E-state index in [-0.39, 0.29) is 36.8 Å². The summed E-state index contributed by atoms with van der Waals surface area (Å²) in [6, 6.07) is 5.67. The van der Waals surface area contributed by atoms with Gasteiger partial charge in [-0.15, -0.1) is 24.8 Å². The van der Waals surface area contributed by atoms with Crippen LogP contribution in [-0.4, -0.2) is 57.9 Å². The number of halogens is 2. The molecule has 1 aliphatic rings. The number of amides is 1. The summed E-state index contributed by atoms with van der Waals surface area (Å²) in [5.74, 6) is 0.747. The molecular formula is C19H29Cl2N5O2. The zero-order chi connectivity index (χ0) is 18.5. The number of likely N-dealkylation sites (tertiary alicyclic amines) is 1. The number of aromatic nitrogens is 3. The highest BCUT2D eigenvalue weighted by Gasteiger charge is 2.24. The molecule has 0 aliphatic carbocycles. The lowest BCUT2D eigenvalue weighted by molar-refractivity contribution is 0.00844. The predicted octanol–water partition coefficient (Wildman–Crippen LogP) is 2.70. The predicted molar refractivity (Wildman–Crippen MR) is 114 cm³/mol. The normalized spacial score (nSPS) is 14.3. The van der Waals surface area contributed by atoms with Crippen LogP contribution in [0.4, 0.5) is 0 Å². The van der Waals surface area contributed by atoms with Crippen molar-refractivity contribution in [3.05, 3.63) is 41.3 Å². The minimum atomic E-state index is 0. The van der Waals surface area contributed by atoms with Gasteiger partial charge in [0, 0.05) is 31.6 Å². The standard InChI is InChI=1S/C19H27N5O2.2ClH/c1-14-12-15(2)24(22-14)18-5-4-16(13-21-18)19(25)23-9-6-17(7-10-23)26-11-3-8-20;;/h4-5,12-13,17H,3,6-11,20H2,1-2H3;2*1H. The lowest BCUT2D eigenvalue weighted by atomic mass is 10.1. The van der Waals surface area contributed by atoms with Crippen molar-refractivity contribution >= 4 is 30.7 Å². The lowest BCUT2D eigenvalue weighted by Gasteiger charge is -2.32. The van der Waals surface area contributed by atoms with Gasteiger partial charge < -0.3 is 15.4 Å². The molecule has 1 aliphatic heterocycles. The molecule has 7 nitrogen and oxygen atoms in total. The van der Waals surface area contributed by atoms with Gasteiger partial charge in [-0.3, -0.25) is 4.79 Å². The van der Waals surface area contributed by atoms with Gasteiger partial charge >= 0.3 is 0 Å². The fourth-order valence-corrected chi connectivity index (χ4v) is 3.24. The number of carbonyl (C=O) groups is 1. The highest BCUT2D eigenvalue weighted by atomic mass is 35.5. The van der Waals surface area contributed by atoms with Crippen molar-refractivity contribution in [1.29, 1.82) is 0 Å². The molecular weight excluding hydrogens is 401 g/mol. The van der Waals surface area contributed by atoms with Crippen LogP contribution in [0.2, 0.25) is 0 Å². The fraction of sp³-hybridized carbons (Fsp3) is 0.526. The van der Waals surface area contributed by atoms with E-state index in [1.54, 1.807) is 10.9 Å². The van der Waals surface area contributed by atoms with Crippen molar-refractivity contribution in [3.63, 3.8) is 0 Å². The molecule has 1 fully saturated rings. The number of hydrogen-bond acceptors (Lipinski definition) is 5. The molecule has 0 unspecified atom stereocenters. The molecule has 0 atom stereocenters. The van der Waals surface area contributed by atoms with Crippen LogP contribution >= 0.6 is 24.8 Å². The van der Waals surface area contributed by atoms with Crippen LogP contribution in [0.1, 0.15) is 41.0 Å². The second kappa shape index (κ2) is 11.4. The SMILES string of the molecule is Cc1cc(C)n(-c2ccc(C(=O)N3CCC(OCCCN)CC3)cn2)n1.Cl.Cl. The van der Waals surface area contributed by atoms with E-state index in [2.05, 4.69) is 10.1 Å². The lowest BCUT2D eigenvalue weighted by Crippen LogP contribution is -2.41. The number of ether oxygens (including phenoxy) is 1. The fourth-order valence-electron chi connectivity index (χ4n) is 3.24. The summed E-state index contributed by atoms with van der Waals surface area (Å²) in [5, 5.41) is 4.42. The first kappa shape index (κ1) is 24.4. The van der Waals surface area contributed by atoms with Crippen molar-refractivity contribution in [2.45, 2.75) is 39.2 Å². The van der Waals surface area contributed by atoms with Crippen molar-refractivity contribution in [2.75, 3.05) is 26.2 Å². The molecule has 9 heteroatoms. The van der Waals surface area contributed by atoms with E-state index in [0.29, 0.717) is 31.8 Å². The van der Waals surface area contributed by atoms with Gasteiger partial charge in [-0.25, -0.2) is 9.67 Å². The molecule has 0 aromatic carbocycles. The minimum absolute atomic E-state index is 0. The van der Waals surface area contributed by atoms with Crippen LogP contribution < -0.4 is 5.73 Å². The molecule has 3 rings (SSSR count). The van der Waals surface area contributed by atoms with E-state index in [1.165, 1.54) is 0 Å². The second-order valence-corrected chi connectivity index (χ2v) is 6.75. The molecule has 0 spiro atoms. The summed E-state index contributed by atoms with van der Waals surface area (Å²) in [4.78, 5) is 19.0. The molecule has 1 amide bonds. The van der Waals surface area contributed by atoms with Crippen molar-refractivity contribution in [1.82, 2.24) is 19.7 Å². The van der Waals surface area contributed by atoms with Gasteiger partial charge in [-0.05, 0) is 57.9 Å². The minimum Gasteiger partial charge on any atom is -0.378 e. The summed E-state index contributed by atoms with van der Waals surface area (Å²) < 4.78 is 7.58. The molecule has 2 N–H and O–H groups in total. The molecule has 1 saturated heterocycles. The molecule has 0 saturated carbocycles. The van der Waals surface area contributed by atoms with E-state index in [0.717, 1.165) is 36.5 Å². The largest absolute Gasteiger partial charge is 0.378 e. The van der Waals surface area contributed by atoms with E-state index in [4.69, 9.17) is 10.5 Å². The number of pyridine rings is 1. The molecule has 0 bridgehead atoms. The first-order valence-electron chi connectivity index (χ1n) is 9.19. The van der Waals surface area contributed by atoms with Crippen LogP contribution in [0.25, 0.3) is 5.82 Å². The number of nitrogens with two attached hydrogens (primary N) is 1. The monoisotopic (exact) mass is 429 g/mol. The highest BCUT2D eigenvalue weighted by molar-refractivity contribution is 5.94. The van der Waals surface area contributed by atoms with Crippen molar-refractivity contribution in [2.24, 2.45) is 5.73 Å². The Kier molecular flexibility index (Phi) is 9.89. The van der Waals surface area contributed by atoms with E-state index in [1.807, 2.05) is 36.9 Å². The Morgan fingerprint density at radius 1 is 1.25 bits per heavy atom. The Bertz CT molecular complexity index is 743. The van der Waals surface area contributed by atoms with Gasteiger partial charge in [0.15, 0.2) is 5.82 Å². The van der Waals surface area contributed by atoms with Gasteiger partial charge in [-0.2, -0.15) is 5.10 Å². The van der Waals surface area contributed by atoms with Gasteiger partial charge in [0.1, 0.15) is 0 Å². The summed E-state index contributed by atoms with van der Waals surface area (Å²) in [5.41, 5.74) is 8.06. The van der Waals surface area contributed by atoms with Crippen LogP contribution in [-0.2, 0) is 4.74 Å². The van der Waals surface area contributed by atoms with E-state index in [9.17, 15) is 4.79 Å². The number of nitrogens with zero attached hydrogens (tertiary/aromatic N) is 4. The number of piperidine rings is 1. The maximum Gasteiger partial charge on any atom is 0.255 e. The van der Waals surface area contributed by atoms with Gasteiger partial charge in [0.05, 0.1) is 17.4 Å². The summed E-state index contributed by atoms with van der Waals surface area (Å²) in [6.07, 6.45) is 4.49. The zero-order valence-corrected chi connectivity index (χ0v) is 18.0. The second-order valence-electron chi connectivity index (χ2n) is 6.75. The topological polar surface area (TPSA) is 86.3 Å². The molecule has 0 radical (unpaired) electrons. The summed E-state index contributed by atoms with van der Waals surface area (Å²) >= 11 is 0. The first-order valence-corrected chi connectivity index (χ1v) is 9.19. The summed E-state index contributed by atoms with van der Waals surface area (Å²) in [6.45, 7) is 6.71. The average Bonchev–Trinajstić information content (AvgIpc) is 3.00. The number of carbonyl (C=O) groups excluding carboxylic acids is 1. The quantitative estimate of drug-likeness (QED) is 0.713. The molecule has 28 heavy (non-hydrogen) atoms. The highest BCUT2D eigenvalue weighted by Crippen LogP contribution is 2.17. The number of hydrogen-bond donors (Lipinski definition) is 1. The van der Waals surface area contributed by atoms with E-state index >= 15 is 0 Å². The van der Waals surface area contributed by atoms with Crippen molar-refractivity contribution in [3.8, 4) is 5.82 Å². The number of rotatable bonds is 6. The first-order chi connectivity index (χ1) is 12.6. The van der Waals surface area contributed by atoms with Crippen LogP contribution in [0.5, 0.6) is 0 Å². The third kappa shape index (κ3) is 5.91.